The molecule has 0 saturated carbocycles. The molecule has 17 heavy (non-hydrogen) atoms. The Morgan fingerprint density at radius 3 is 2.00 bits per heavy atom. The van der Waals surface area contributed by atoms with E-state index in [4.69, 9.17) is 10.8 Å². The quantitative estimate of drug-likeness (QED) is 0.450. The summed E-state index contributed by atoms with van der Waals surface area (Å²) >= 11 is 0. The lowest BCUT2D eigenvalue weighted by atomic mass is 10.1. The van der Waals surface area contributed by atoms with E-state index in [1.807, 2.05) is 0 Å². The molecule has 0 bridgehead atoms. The predicted molar refractivity (Wildman–Crippen MR) is 61.1 cm³/mol. The van der Waals surface area contributed by atoms with E-state index < -0.39 is 29.9 Å². The van der Waals surface area contributed by atoms with E-state index in [1.54, 1.807) is 13.8 Å². The van der Waals surface area contributed by atoms with Crippen LogP contribution in [0.5, 0.6) is 0 Å². The fourth-order valence-corrected chi connectivity index (χ4v) is 1.22. The molecule has 0 heterocycles. The highest BCUT2D eigenvalue weighted by atomic mass is 16.4. The number of hydrogen-bond acceptors (Lipinski definition) is 4. The van der Waals surface area contributed by atoms with E-state index in [2.05, 4.69) is 10.6 Å². The van der Waals surface area contributed by atoms with Crippen LogP contribution in [0.25, 0.3) is 0 Å². The van der Waals surface area contributed by atoms with Gasteiger partial charge in [0, 0.05) is 0 Å². The minimum atomic E-state index is -1.10. The van der Waals surface area contributed by atoms with Gasteiger partial charge in [0.2, 0.25) is 11.8 Å². The first kappa shape index (κ1) is 15.4. The largest absolute Gasteiger partial charge is 0.480 e. The van der Waals surface area contributed by atoms with Gasteiger partial charge in [-0.25, -0.2) is 4.79 Å². The third-order valence-corrected chi connectivity index (χ3v) is 2.27. The van der Waals surface area contributed by atoms with Crippen molar-refractivity contribution in [2.75, 3.05) is 6.54 Å². The molecule has 0 spiro atoms. The van der Waals surface area contributed by atoms with E-state index >= 15 is 0 Å². The van der Waals surface area contributed by atoms with E-state index in [1.165, 1.54) is 0 Å². The molecule has 0 aliphatic carbocycles. The molecule has 0 aliphatic heterocycles. The number of carboxylic acids is 1. The molecule has 0 saturated heterocycles. The van der Waals surface area contributed by atoms with Gasteiger partial charge < -0.3 is 21.5 Å². The van der Waals surface area contributed by atoms with Crippen molar-refractivity contribution in [3.05, 3.63) is 0 Å². The van der Waals surface area contributed by atoms with Gasteiger partial charge in [0.05, 0.1) is 6.54 Å². The second-order valence-corrected chi connectivity index (χ2v) is 3.54. The molecule has 7 nitrogen and oxygen atoms in total. The Hall–Kier alpha value is -1.63. The molecular formula is C10H19N3O4. The van der Waals surface area contributed by atoms with Gasteiger partial charge in [0.1, 0.15) is 12.1 Å². The average molecular weight is 245 g/mol. The van der Waals surface area contributed by atoms with Crippen LogP contribution < -0.4 is 16.4 Å². The Balaban J connectivity index is 4.43. The van der Waals surface area contributed by atoms with Gasteiger partial charge in [-0.15, -0.1) is 0 Å². The molecule has 2 amide bonds. The van der Waals surface area contributed by atoms with Crippen LogP contribution >= 0.6 is 0 Å². The van der Waals surface area contributed by atoms with Crippen molar-refractivity contribution in [2.24, 2.45) is 5.73 Å². The first-order chi connectivity index (χ1) is 7.96. The van der Waals surface area contributed by atoms with Crippen LogP contribution in [-0.2, 0) is 14.4 Å². The summed E-state index contributed by atoms with van der Waals surface area (Å²) < 4.78 is 0. The van der Waals surface area contributed by atoms with E-state index in [-0.39, 0.29) is 13.0 Å². The van der Waals surface area contributed by atoms with Crippen LogP contribution in [0.3, 0.4) is 0 Å². The molecule has 0 fully saturated rings. The van der Waals surface area contributed by atoms with E-state index in [9.17, 15) is 14.4 Å². The summed E-state index contributed by atoms with van der Waals surface area (Å²) in [5, 5.41) is 13.6. The van der Waals surface area contributed by atoms with Gasteiger partial charge in [-0.05, 0) is 12.8 Å². The number of aliphatic carboxylic acids is 1. The van der Waals surface area contributed by atoms with Gasteiger partial charge in [-0.1, -0.05) is 13.8 Å². The zero-order valence-electron chi connectivity index (χ0n) is 10.0. The highest BCUT2D eigenvalue weighted by Crippen LogP contribution is 1.96. The number of rotatable bonds is 7. The maximum Gasteiger partial charge on any atom is 0.326 e. The molecule has 0 aliphatic rings. The van der Waals surface area contributed by atoms with Crippen LogP contribution in [0.15, 0.2) is 0 Å². The number of nitrogens with two attached hydrogens (primary N) is 1. The molecule has 0 unspecified atom stereocenters. The number of nitrogens with one attached hydrogen (secondary N) is 2. The number of carboxylic acid groups (broad SMARTS) is 1. The van der Waals surface area contributed by atoms with Crippen LogP contribution in [-0.4, -0.2) is 41.5 Å². The van der Waals surface area contributed by atoms with Gasteiger partial charge in [-0.2, -0.15) is 0 Å². The van der Waals surface area contributed by atoms with Gasteiger partial charge in [-0.3, -0.25) is 9.59 Å². The maximum absolute atomic E-state index is 11.7. The zero-order valence-corrected chi connectivity index (χ0v) is 10.0. The molecular weight excluding hydrogens is 226 g/mol. The summed E-state index contributed by atoms with van der Waals surface area (Å²) in [4.78, 5) is 33.4. The first-order valence-electron chi connectivity index (χ1n) is 5.48. The first-order valence-corrected chi connectivity index (χ1v) is 5.48. The van der Waals surface area contributed by atoms with Gasteiger partial charge in [0.15, 0.2) is 0 Å². The van der Waals surface area contributed by atoms with Crippen molar-refractivity contribution in [2.45, 2.75) is 38.8 Å². The monoisotopic (exact) mass is 245 g/mol. The molecule has 2 atom stereocenters. The fraction of sp³-hybridized carbons (Fsp3) is 0.700. The Morgan fingerprint density at radius 1 is 1.12 bits per heavy atom. The van der Waals surface area contributed by atoms with E-state index in [0.717, 1.165) is 0 Å². The lowest BCUT2D eigenvalue weighted by Gasteiger charge is -2.19. The summed E-state index contributed by atoms with van der Waals surface area (Å²) in [6.07, 6.45) is 0.649. The van der Waals surface area contributed by atoms with Crippen molar-refractivity contribution in [3.63, 3.8) is 0 Å². The second-order valence-electron chi connectivity index (χ2n) is 3.54. The standard InChI is InChI=1S/C10H19N3O4/c1-3-6(12-8(14)5-11)9(15)13-7(4-2)10(16)17/h6-7H,3-5,11H2,1-2H3,(H,12,14)(H,13,15)(H,16,17)/t6-,7+/m1/s1. The molecule has 5 N–H and O–H groups in total. The minimum absolute atomic E-state index is 0.208. The third-order valence-electron chi connectivity index (χ3n) is 2.27. The SMILES string of the molecule is CC[C@H](NC(=O)[C@@H](CC)NC(=O)CN)C(=O)O. The lowest BCUT2D eigenvalue weighted by Crippen LogP contribution is -2.52. The Kier molecular flexibility index (Phi) is 6.88. The molecule has 98 valence electrons. The van der Waals surface area contributed by atoms with E-state index in [0.29, 0.717) is 6.42 Å². The predicted octanol–water partition coefficient (Wildman–Crippen LogP) is -1.18. The Morgan fingerprint density at radius 2 is 1.65 bits per heavy atom. The topological polar surface area (TPSA) is 122 Å². The van der Waals surface area contributed by atoms with Crippen LogP contribution in [0.2, 0.25) is 0 Å². The van der Waals surface area contributed by atoms with Gasteiger partial charge >= 0.3 is 5.97 Å². The van der Waals surface area contributed by atoms with Crippen molar-refractivity contribution in [1.29, 1.82) is 0 Å². The summed E-state index contributed by atoms with van der Waals surface area (Å²) in [5.41, 5.74) is 5.11. The molecule has 0 aromatic carbocycles. The number of hydrogen-bond donors (Lipinski definition) is 4. The third kappa shape index (κ3) is 5.30. The van der Waals surface area contributed by atoms with Crippen LogP contribution in [0.4, 0.5) is 0 Å². The minimum Gasteiger partial charge on any atom is -0.480 e. The number of carbonyl (C=O) groups is 3. The van der Waals surface area contributed by atoms with Crippen LogP contribution in [0, 0.1) is 0 Å². The number of carbonyl (C=O) groups excluding carboxylic acids is 2. The highest BCUT2D eigenvalue weighted by Gasteiger charge is 2.23. The summed E-state index contributed by atoms with van der Waals surface area (Å²) in [7, 11) is 0. The van der Waals surface area contributed by atoms with Crippen molar-refractivity contribution in [1.82, 2.24) is 10.6 Å². The Labute approximate surface area is 99.7 Å². The smallest absolute Gasteiger partial charge is 0.326 e. The maximum atomic E-state index is 11.7. The van der Waals surface area contributed by atoms with Crippen molar-refractivity contribution < 1.29 is 19.5 Å². The normalized spacial score (nSPS) is 13.6. The molecule has 7 heteroatoms. The Bertz CT molecular complexity index is 293. The molecule has 0 radical (unpaired) electrons. The number of amides is 2. The summed E-state index contributed by atoms with van der Waals surface area (Å²) in [6, 6.07) is -1.69. The average Bonchev–Trinajstić information content (AvgIpc) is 2.31. The highest BCUT2D eigenvalue weighted by molar-refractivity contribution is 5.90. The van der Waals surface area contributed by atoms with Gasteiger partial charge in [0.25, 0.3) is 0 Å². The fourth-order valence-electron chi connectivity index (χ4n) is 1.22. The van der Waals surface area contributed by atoms with Crippen molar-refractivity contribution >= 4 is 17.8 Å². The molecule has 0 aromatic heterocycles. The second kappa shape index (κ2) is 7.61. The van der Waals surface area contributed by atoms with Crippen molar-refractivity contribution in [3.8, 4) is 0 Å². The molecule has 0 aromatic rings. The molecule has 0 rings (SSSR count). The summed E-state index contributed by atoms with van der Waals surface area (Å²) in [6.45, 7) is 3.15. The summed E-state index contributed by atoms with van der Waals surface area (Å²) in [5.74, 6) is -2.06. The lowest BCUT2D eigenvalue weighted by molar-refractivity contribution is -0.142. The van der Waals surface area contributed by atoms with Crippen LogP contribution in [0.1, 0.15) is 26.7 Å². The zero-order chi connectivity index (χ0) is 13.4.